The van der Waals surface area contributed by atoms with Crippen molar-refractivity contribution in [3.63, 3.8) is 0 Å². The average Bonchev–Trinajstić information content (AvgIpc) is 3.01. The third-order valence-corrected chi connectivity index (χ3v) is 5.82. The summed E-state index contributed by atoms with van der Waals surface area (Å²) in [5.41, 5.74) is 0.741. The van der Waals surface area contributed by atoms with E-state index in [-0.39, 0.29) is 30.0 Å². The van der Waals surface area contributed by atoms with E-state index in [4.69, 9.17) is 4.74 Å². The molecule has 3 aliphatic rings. The molecule has 2 aliphatic heterocycles. The second-order valence-electron chi connectivity index (χ2n) is 7.19. The quantitative estimate of drug-likeness (QED) is 0.494. The van der Waals surface area contributed by atoms with Crippen LogP contribution >= 0.6 is 0 Å². The van der Waals surface area contributed by atoms with Gasteiger partial charge in [-0.3, -0.25) is 10.1 Å². The lowest BCUT2D eigenvalue weighted by atomic mass is 9.61. The van der Waals surface area contributed by atoms with Crippen LogP contribution in [0, 0.1) is 10.1 Å². The van der Waals surface area contributed by atoms with Crippen molar-refractivity contribution >= 4 is 5.69 Å². The van der Waals surface area contributed by atoms with Crippen LogP contribution in [-0.4, -0.2) is 22.8 Å². The fourth-order valence-corrected chi connectivity index (χ4v) is 4.78. The lowest BCUT2D eigenvalue weighted by Crippen LogP contribution is -2.53. The zero-order chi connectivity index (χ0) is 17.9. The summed E-state index contributed by atoms with van der Waals surface area (Å²) in [4.78, 5) is 11.0. The van der Waals surface area contributed by atoms with E-state index in [0.29, 0.717) is 0 Å². The van der Waals surface area contributed by atoms with Gasteiger partial charge in [0.1, 0.15) is 17.4 Å². The molecule has 2 aromatic carbocycles. The smallest absolute Gasteiger partial charge is 0.210 e. The molecule has 4 atom stereocenters. The minimum atomic E-state index is -1.40. The van der Waals surface area contributed by atoms with Crippen LogP contribution in [0.4, 0.5) is 5.69 Å². The summed E-state index contributed by atoms with van der Waals surface area (Å²) in [5, 5.41) is 26.6. The van der Waals surface area contributed by atoms with Gasteiger partial charge in [-0.25, -0.2) is 0 Å². The standard InChI is InChI=1S/C20H18N2O4/c23-19-11-13(12-22(24)25)14-5-1-2-6-15(14)20(19)10-9-18(26-20)21-17-8-4-3-7-16(17)19/h1-10,13,18,21,23H,11-12H2/t13-,18+,19-,20+/m0/s1. The lowest BCUT2D eigenvalue weighted by molar-refractivity contribution is -0.485. The van der Waals surface area contributed by atoms with Crippen molar-refractivity contribution in [3.05, 3.63) is 87.5 Å². The topological polar surface area (TPSA) is 84.6 Å². The van der Waals surface area contributed by atoms with E-state index in [1.54, 1.807) is 0 Å². The van der Waals surface area contributed by atoms with Crippen LogP contribution < -0.4 is 5.32 Å². The normalized spacial score (nSPS) is 33.4. The van der Waals surface area contributed by atoms with Gasteiger partial charge in [0.25, 0.3) is 0 Å². The van der Waals surface area contributed by atoms with E-state index in [9.17, 15) is 15.2 Å². The minimum absolute atomic E-state index is 0.223. The molecular weight excluding hydrogens is 332 g/mol. The van der Waals surface area contributed by atoms with E-state index in [2.05, 4.69) is 5.32 Å². The molecule has 26 heavy (non-hydrogen) atoms. The number of hydrogen-bond donors (Lipinski definition) is 2. The Kier molecular flexibility index (Phi) is 3.08. The first-order chi connectivity index (χ1) is 12.5. The molecule has 2 N–H and O–H groups in total. The summed E-state index contributed by atoms with van der Waals surface area (Å²) < 4.78 is 6.34. The van der Waals surface area contributed by atoms with Gasteiger partial charge < -0.3 is 15.2 Å². The average molecular weight is 350 g/mol. The fourth-order valence-electron chi connectivity index (χ4n) is 4.78. The fraction of sp³-hybridized carbons (Fsp3) is 0.300. The molecule has 2 aromatic rings. The first-order valence-corrected chi connectivity index (χ1v) is 8.70. The number of fused-ring (bicyclic) bond motifs is 4. The van der Waals surface area contributed by atoms with Crippen molar-refractivity contribution in [3.8, 4) is 0 Å². The van der Waals surface area contributed by atoms with Gasteiger partial charge in [-0.2, -0.15) is 0 Å². The predicted octanol–water partition coefficient (Wildman–Crippen LogP) is 2.87. The highest BCUT2D eigenvalue weighted by molar-refractivity contribution is 5.62. The Hall–Kier alpha value is -2.70. The van der Waals surface area contributed by atoms with Crippen molar-refractivity contribution in [2.75, 3.05) is 11.9 Å². The van der Waals surface area contributed by atoms with E-state index in [1.807, 2.05) is 60.7 Å². The number of nitrogens with one attached hydrogen (secondary N) is 1. The van der Waals surface area contributed by atoms with Crippen LogP contribution in [0.25, 0.3) is 0 Å². The number of aliphatic hydroxyl groups is 1. The predicted molar refractivity (Wildman–Crippen MR) is 95.3 cm³/mol. The Balaban J connectivity index is 1.80. The molecule has 0 unspecified atom stereocenters. The maximum absolute atomic E-state index is 12.0. The van der Waals surface area contributed by atoms with Crippen molar-refractivity contribution in [2.24, 2.45) is 0 Å². The van der Waals surface area contributed by atoms with Gasteiger partial charge in [-0.1, -0.05) is 42.5 Å². The highest BCUT2D eigenvalue weighted by Crippen LogP contribution is 2.60. The third-order valence-electron chi connectivity index (χ3n) is 5.82. The number of nitrogens with zero attached hydrogens (tertiary/aromatic N) is 1. The van der Waals surface area contributed by atoms with E-state index in [0.717, 1.165) is 22.4 Å². The maximum atomic E-state index is 12.0. The van der Waals surface area contributed by atoms with Crippen molar-refractivity contribution in [1.29, 1.82) is 0 Å². The number of anilines is 1. The number of para-hydroxylation sites is 1. The Morgan fingerprint density at radius 2 is 1.92 bits per heavy atom. The molecule has 1 spiro atoms. The highest BCUT2D eigenvalue weighted by atomic mass is 16.6. The van der Waals surface area contributed by atoms with Crippen LogP contribution in [0.5, 0.6) is 0 Å². The number of hydrogen-bond acceptors (Lipinski definition) is 5. The van der Waals surface area contributed by atoms with E-state index in [1.165, 1.54) is 0 Å². The van der Waals surface area contributed by atoms with Crippen molar-refractivity contribution < 1.29 is 14.8 Å². The van der Waals surface area contributed by atoms with Crippen molar-refractivity contribution in [2.45, 2.75) is 29.8 Å². The summed E-state index contributed by atoms with van der Waals surface area (Å²) >= 11 is 0. The molecule has 132 valence electrons. The Bertz CT molecular complexity index is 943. The third kappa shape index (κ3) is 1.88. The van der Waals surface area contributed by atoms with E-state index < -0.39 is 11.2 Å². The van der Waals surface area contributed by atoms with Crippen molar-refractivity contribution in [1.82, 2.24) is 0 Å². The molecule has 2 bridgehead atoms. The van der Waals surface area contributed by atoms with Crippen LogP contribution in [0.2, 0.25) is 0 Å². The van der Waals surface area contributed by atoms with Crippen LogP contribution in [0.3, 0.4) is 0 Å². The summed E-state index contributed by atoms with van der Waals surface area (Å²) in [6.07, 6.45) is 3.68. The van der Waals surface area contributed by atoms with Gasteiger partial charge in [-0.15, -0.1) is 0 Å². The Morgan fingerprint density at radius 1 is 1.19 bits per heavy atom. The maximum Gasteiger partial charge on any atom is 0.210 e. The molecule has 0 amide bonds. The first-order valence-electron chi connectivity index (χ1n) is 8.70. The Labute approximate surface area is 150 Å². The van der Waals surface area contributed by atoms with Gasteiger partial charge >= 0.3 is 0 Å². The summed E-state index contributed by atoms with van der Waals surface area (Å²) in [7, 11) is 0. The number of ether oxygens (including phenoxy) is 1. The van der Waals surface area contributed by atoms with Gasteiger partial charge in [0.05, 0.1) is 5.92 Å². The molecule has 6 heteroatoms. The molecule has 0 saturated carbocycles. The molecule has 6 nitrogen and oxygen atoms in total. The van der Waals surface area contributed by atoms with Crippen LogP contribution in [0.1, 0.15) is 29.0 Å². The summed E-state index contributed by atoms with van der Waals surface area (Å²) in [6, 6.07) is 15.1. The molecule has 5 rings (SSSR count). The van der Waals surface area contributed by atoms with Gasteiger partial charge in [-0.05, 0) is 35.8 Å². The zero-order valence-electron chi connectivity index (χ0n) is 14.0. The summed E-state index contributed by atoms with van der Waals surface area (Å²) in [6.45, 7) is -0.224. The zero-order valence-corrected chi connectivity index (χ0v) is 14.0. The number of benzene rings is 2. The molecule has 0 aromatic heterocycles. The SMILES string of the molecule is O=[N+]([O-])C[C@@H]1C[C@]2(O)c3ccccc3N[C@H]3C=C[C@@]2(O3)c2ccccc21. The lowest BCUT2D eigenvalue weighted by Gasteiger charge is -2.49. The minimum Gasteiger partial charge on any atom is -0.381 e. The van der Waals surface area contributed by atoms with Gasteiger partial charge in [0, 0.05) is 16.2 Å². The molecule has 1 aliphatic carbocycles. The molecule has 0 fully saturated rings. The highest BCUT2D eigenvalue weighted by Gasteiger charge is 2.62. The van der Waals surface area contributed by atoms with Crippen LogP contribution in [-0.2, 0) is 15.9 Å². The number of rotatable bonds is 2. The van der Waals surface area contributed by atoms with Gasteiger partial charge in [0.15, 0.2) is 0 Å². The Morgan fingerprint density at radius 3 is 2.73 bits per heavy atom. The van der Waals surface area contributed by atoms with Crippen LogP contribution in [0.15, 0.2) is 60.7 Å². The molecule has 0 radical (unpaired) electrons. The molecule has 2 heterocycles. The van der Waals surface area contributed by atoms with Gasteiger partial charge in [0.2, 0.25) is 6.54 Å². The monoisotopic (exact) mass is 350 g/mol. The first kappa shape index (κ1) is 15.5. The summed E-state index contributed by atoms with van der Waals surface area (Å²) in [5.74, 6) is -0.390. The second kappa shape index (κ2) is 5.16. The van der Waals surface area contributed by atoms with E-state index >= 15 is 0 Å². The second-order valence-corrected chi connectivity index (χ2v) is 7.19. The number of nitro groups is 1. The molecular formula is C20H18N2O4. The largest absolute Gasteiger partial charge is 0.381 e. The molecule has 0 saturated heterocycles.